The lowest BCUT2D eigenvalue weighted by Gasteiger charge is -2.18. The molecule has 2 nitrogen and oxygen atoms in total. The van der Waals surface area contributed by atoms with Crippen LogP contribution >= 0.6 is 15.9 Å². The summed E-state index contributed by atoms with van der Waals surface area (Å²) in [5, 5.41) is 3.21. The molecule has 0 aliphatic heterocycles. The van der Waals surface area contributed by atoms with Crippen LogP contribution in [0.1, 0.15) is 24.2 Å². The summed E-state index contributed by atoms with van der Waals surface area (Å²) in [6.07, 6.45) is 1.88. The van der Waals surface area contributed by atoms with Crippen molar-refractivity contribution < 1.29 is 8.78 Å². The Hall–Kier alpha value is -1.33. The Labute approximate surface area is 125 Å². The van der Waals surface area contributed by atoms with Crippen LogP contribution < -0.4 is 5.32 Å². The molecule has 0 amide bonds. The molecule has 0 radical (unpaired) electrons. The van der Waals surface area contributed by atoms with Crippen LogP contribution in [0, 0.1) is 11.6 Å². The Morgan fingerprint density at radius 1 is 1.25 bits per heavy atom. The van der Waals surface area contributed by atoms with Gasteiger partial charge in [-0.2, -0.15) is 0 Å². The van der Waals surface area contributed by atoms with Crippen LogP contribution in [0.2, 0.25) is 0 Å². The standard InChI is InChI=1S/C15H15BrF2N2/c1-2-19-14(13-5-3-4-8-20-13)9-10-12(17)7-6-11(16)15(10)18/h3-8,14,19H,2,9H2,1H3. The van der Waals surface area contributed by atoms with Gasteiger partial charge in [0.15, 0.2) is 0 Å². The van der Waals surface area contributed by atoms with E-state index in [2.05, 4.69) is 26.2 Å². The molecule has 0 saturated carbocycles. The normalized spacial score (nSPS) is 12.4. The van der Waals surface area contributed by atoms with E-state index in [0.29, 0.717) is 6.54 Å². The van der Waals surface area contributed by atoms with Crippen molar-refractivity contribution in [1.29, 1.82) is 0 Å². The van der Waals surface area contributed by atoms with Gasteiger partial charge in [-0.15, -0.1) is 0 Å². The second kappa shape index (κ2) is 6.90. The Morgan fingerprint density at radius 3 is 2.70 bits per heavy atom. The molecule has 5 heteroatoms. The first-order valence-electron chi connectivity index (χ1n) is 6.40. The lowest BCUT2D eigenvalue weighted by molar-refractivity contribution is 0.491. The maximum atomic E-state index is 14.0. The largest absolute Gasteiger partial charge is 0.309 e. The zero-order chi connectivity index (χ0) is 14.5. The molecule has 0 aliphatic carbocycles. The molecule has 0 fully saturated rings. The van der Waals surface area contributed by atoms with Gasteiger partial charge in [-0.05, 0) is 53.2 Å². The van der Waals surface area contributed by atoms with Crippen LogP contribution in [0.15, 0.2) is 41.0 Å². The first-order valence-corrected chi connectivity index (χ1v) is 7.19. The molecule has 0 bridgehead atoms. The monoisotopic (exact) mass is 340 g/mol. The zero-order valence-electron chi connectivity index (χ0n) is 11.0. The molecular formula is C15H15BrF2N2. The van der Waals surface area contributed by atoms with Crippen molar-refractivity contribution in [2.24, 2.45) is 0 Å². The molecule has 1 unspecified atom stereocenters. The first kappa shape index (κ1) is 15.1. The quantitative estimate of drug-likeness (QED) is 0.831. The van der Waals surface area contributed by atoms with E-state index in [0.717, 1.165) is 5.69 Å². The molecule has 20 heavy (non-hydrogen) atoms. The summed E-state index contributed by atoms with van der Waals surface area (Å²) in [6, 6.07) is 7.94. The van der Waals surface area contributed by atoms with Crippen LogP contribution in [0.5, 0.6) is 0 Å². The van der Waals surface area contributed by atoms with E-state index in [9.17, 15) is 8.78 Å². The van der Waals surface area contributed by atoms with Gasteiger partial charge in [0.2, 0.25) is 0 Å². The molecule has 0 spiro atoms. The summed E-state index contributed by atoms with van der Waals surface area (Å²) in [7, 11) is 0. The number of hydrogen-bond donors (Lipinski definition) is 1. The van der Waals surface area contributed by atoms with E-state index in [4.69, 9.17) is 0 Å². The predicted octanol–water partition coefficient (Wildman–Crippen LogP) is 4.02. The number of nitrogens with one attached hydrogen (secondary N) is 1. The van der Waals surface area contributed by atoms with Gasteiger partial charge in [0, 0.05) is 11.8 Å². The minimum atomic E-state index is -0.552. The smallest absolute Gasteiger partial charge is 0.143 e. The number of likely N-dealkylation sites (N-methyl/N-ethyl adjacent to an activating group) is 1. The molecule has 1 aromatic heterocycles. The number of pyridine rings is 1. The third-order valence-corrected chi connectivity index (χ3v) is 3.65. The Balaban J connectivity index is 2.32. The lowest BCUT2D eigenvalue weighted by Crippen LogP contribution is -2.24. The van der Waals surface area contributed by atoms with Crippen molar-refractivity contribution in [1.82, 2.24) is 10.3 Å². The fourth-order valence-corrected chi connectivity index (χ4v) is 2.44. The average molecular weight is 341 g/mol. The highest BCUT2D eigenvalue weighted by Gasteiger charge is 2.19. The number of aromatic nitrogens is 1. The number of rotatable bonds is 5. The zero-order valence-corrected chi connectivity index (χ0v) is 12.6. The van der Waals surface area contributed by atoms with Gasteiger partial charge >= 0.3 is 0 Å². The van der Waals surface area contributed by atoms with Crippen LogP contribution in [-0.4, -0.2) is 11.5 Å². The second-order valence-corrected chi connectivity index (χ2v) is 5.25. The van der Waals surface area contributed by atoms with Crippen molar-refractivity contribution in [2.75, 3.05) is 6.54 Å². The van der Waals surface area contributed by atoms with Gasteiger partial charge < -0.3 is 5.32 Å². The fourth-order valence-electron chi connectivity index (χ4n) is 2.07. The summed E-state index contributed by atoms with van der Waals surface area (Å²) in [4.78, 5) is 4.26. The number of benzene rings is 1. The van der Waals surface area contributed by atoms with Gasteiger partial charge in [-0.3, -0.25) is 4.98 Å². The van der Waals surface area contributed by atoms with Crippen molar-refractivity contribution in [2.45, 2.75) is 19.4 Å². The maximum Gasteiger partial charge on any atom is 0.143 e. The van der Waals surface area contributed by atoms with E-state index < -0.39 is 11.6 Å². The third-order valence-electron chi connectivity index (χ3n) is 3.04. The molecule has 1 heterocycles. The highest BCUT2D eigenvalue weighted by molar-refractivity contribution is 9.10. The van der Waals surface area contributed by atoms with Crippen molar-refractivity contribution >= 4 is 15.9 Å². The number of hydrogen-bond acceptors (Lipinski definition) is 2. The summed E-state index contributed by atoms with van der Waals surface area (Å²) in [6.45, 7) is 2.64. The van der Waals surface area contributed by atoms with Crippen LogP contribution in [0.25, 0.3) is 0 Å². The average Bonchev–Trinajstić information content (AvgIpc) is 2.47. The van der Waals surface area contributed by atoms with E-state index >= 15 is 0 Å². The third kappa shape index (κ3) is 3.41. The molecule has 1 N–H and O–H groups in total. The molecular weight excluding hydrogens is 326 g/mol. The Bertz CT molecular complexity index is 576. The summed E-state index contributed by atoms with van der Waals surface area (Å²) < 4.78 is 28.2. The van der Waals surface area contributed by atoms with E-state index in [1.165, 1.54) is 12.1 Å². The lowest BCUT2D eigenvalue weighted by atomic mass is 10.0. The van der Waals surface area contributed by atoms with Crippen molar-refractivity contribution in [3.63, 3.8) is 0 Å². The van der Waals surface area contributed by atoms with E-state index in [-0.39, 0.29) is 22.5 Å². The Kier molecular flexibility index (Phi) is 5.20. The minimum absolute atomic E-state index is 0.0657. The van der Waals surface area contributed by atoms with Crippen LogP contribution in [0.3, 0.4) is 0 Å². The van der Waals surface area contributed by atoms with Crippen LogP contribution in [0.4, 0.5) is 8.78 Å². The fraction of sp³-hybridized carbons (Fsp3) is 0.267. The first-order chi connectivity index (χ1) is 9.63. The summed E-state index contributed by atoms with van der Waals surface area (Å²) >= 11 is 3.09. The molecule has 1 aromatic carbocycles. The second-order valence-electron chi connectivity index (χ2n) is 4.39. The van der Waals surface area contributed by atoms with Crippen LogP contribution in [-0.2, 0) is 6.42 Å². The van der Waals surface area contributed by atoms with Gasteiger partial charge in [-0.1, -0.05) is 13.0 Å². The van der Waals surface area contributed by atoms with Gasteiger partial charge in [0.05, 0.1) is 16.2 Å². The van der Waals surface area contributed by atoms with E-state index in [1.54, 1.807) is 6.20 Å². The van der Waals surface area contributed by atoms with Gasteiger partial charge in [0.25, 0.3) is 0 Å². The predicted molar refractivity (Wildman–Crippen MR) is 78.4 cm³/mol. The number of halogens is 3. The SMILES string of the molecule is CCNC(Cc1c(F)ccc(Br)c1F)c1ccccn1. The molecule has 106 valence electrons. The van der Waals surface area contributed by atoms with Gasteiger partial charge in [-0.25, -0.2) is 8.78 Å². The maximum absolute atomic E-state index is 14.0. The molecule has 0 aliphatic rings. The van der Waals surface area contributed by atoms with E-state index in [1.807, 2.05) is 25.1 Å². The highest BCUT2D eigenvalue weighted by Crippen LogP contribution is 2.26. The van der Waals surface area contributed by atoms with Crippen molar-refractivity contribution in [3.05, 3.63) is 63.9 Å². The molecule has 1 atom stereocenters. The molecule has 0 saturated heterocycles. The Morgan fingerprint density at radius 2 is 2.05 bits per heavy atom. The topological polar surface area (TPSA) is 24.9 Å². The van der Waals surface area contributed by atoms with Gasteiger partial charge in [0.1, 0.15) is 11.6 Å². The minimum Gasteiger partial charge on any atom is -0.309 e. The molecule has 2 rings (SSSR count). The van der Waals surface area contributed by atoms with Crippen molar-refractivity contribution in [3.8, 4) is 0 Å². The number of nitrogens with zero attached hydrogens (tertiary/aromatic N) is 1. The summed E-state index contributed by atoms with van der Waals surface area (Å²) in [5.74, 6) is -1.09. The highest BCUT2D eigenvalue weighted by atomic mass is 79.9. The summed E-state index contributed by atoms with van der Waals surface area (Å²) in [5.41, 5.74) is 0.837. The molecule has 2 aromatic rings.